The average molecular weight is 357 g/mol. The summed E-state index contributed by atoms with van der Waals surface area (Å²) in [4.78, 5) is 27.6. The molecule has 0 unspecified atom stereocenters. The van der Waals surface area contributed by atoms with Gasteiger partial charge < -0.3 is 15.0 Å². The first-order valence-corrected chi connectivity index (χ1v) is 8.15. The lowest BCUT2D eigenvalue weighted by atomic mass is 10.1. The Morgan fingerprint density at radius 1 is 1.16 bits per heavy atom. The lowest BCUT2D eigenvalue weighted by Gasteiger charge is -2.16. The topological polar surface area (TPSA) is 71.2 Å². The number of amides is 1. The van der Waals surface area contributed by atoms with Crippen molar-refractivity contribution >= 4 is 34.4 Å². The van der Waals surface area contributed by atoms with E-state index in [-0.39, 0.29) is 5.91 Å². The Bertz CT molecular complexity index is 905. The van der Waals surface area contributed by atoms with Gasteiger partial charge in [0.2, 0.25) is 0 Å². The molecule has 128 valence electrons. The van der Waals surface area contributed by atoms with Gasteiger partial charge in [0, 0.05) is 22.3 Å². The van der Waals surface area contributed by atoms with E-state index in [2.05, 4.69) is 10.3 Å². The van der Waals surface area contributed by atoms with E-state index < -0.39 is 12.0 Å². The number of hydrogen-bond acceptors (Lipinski definition) is 3. The molecular weight excluding hydrogens is 340 g/mol. The highest BCUT2D eigenvalue weighted by Gasteiger charge is 2.23. The van der Waals surface area contributed by atoms with E-state index in [1.807, 2.05) is 30.3 Å². The number of carbonyl (C=O) groups excluding carboxylic acids is 2. The Morgan fingerprint density at radius 2 is 1.92 bits per heavy atom. The van der Waals surface area contributed by atoms with Crippen LogP contribution in [0.4, 0.5) is 0 Å². The molecule has 0 spiro atoms. The van der Waals surface area contributed by atoms with Crippen molar-refractivity contribution in [3.05, 3.63) is 70.9 Å². The zero-order valence-corrected chi connectivity index (χ0v) is 14.3. The molecule has 3 rings (SSSR count). The Labute approximate surface area is 149 Å². The summed E-state index contributed by atoms with van der Waals surface area (Å²) in [6.07, 6.45) is 0.352. The molecule has 0 aliphatic carbocycles. The number of hydrogen-bond donors (Lipinski definition) is 2. The van der Waals surface area contributed by atoms with E-state index in [4.69, 9.17) is 16.3 Å². The summed E-state index contributed by atoms with van der Waals surface area (Å²) >= 11 is 5.97. The van der Waals surface area contributed by atoms with Crippen LogP contribution in [0, 0.1) is 0 Å². The van der Waals surface area contributed by atoms with E-state index in [0.717, 1.165) is 16.5 Å². The second-order valence-corrected chi connectivity index (χ2v) is 6.09. The molecule has 5 nitrogen and oxygen atoms in total. The molecule has 0 radical (unpaired) electrons. The lowest BCUT2D eigenvalue weighted by Crippen LogP contribution is -2.43. The van der Waals surface area contributed by atoms with Gasteiger partial charge in [-0.05, 0) is 29.8 Å². The maximum absolute atomic E-state index is 12.5. The van der Waals surface area contributed by atoms with Crippen LogP contribution >= 0.6 is 11.6 Å². The van der Waals surface area contributed by atoms with Gasteiger partial charge in [-0.25, -0.2) is 4.79 Å². The summed E-state index contributed by atoms with van der Waals surface area (Å²) in [6, 6.07) is 15.7. The van der Waals surface area contributed by atoms with Crippen LogP contribution in [0.3, 0.4) is 0 Å². The molecular formula is C19H17ClN2O3. The SMILES string of the molecule is COC(=O)[C@H](Cc1ccccc1)NC(=O)c1cc2cc(Cl)ccc2[nH]1. The predicted molar refractivity (Wildman–Crippen MR) is 96.7 cm³/mol. The van der Waals surface area contributed by atoms with Gasteiger partial charge in [-0.15, -0.1) is 0 Å². The van der Waals surface area contributed by atoms with Gasteiger partial charge in [-0.1, -0.05) is 41.9 Å². The monoisotopic (exact) mass is 356 g/mol. The Hall–Kier alpha value is -2.79. The third-order valence-electron chi connectivity index (χ3n) is 3.90. The minimum absolute atomic E-state index is 0.352. The molecule has 3 aromatic rings. The molecule has 0 fully saturated rings. The normalized spacial score (nSPS) is 11.9. The van der Waals surface area contributed by atoms with Crippen molar-refractivity contribution in [1.29, 1.82) is 0 Å². The number of nitrogens with one attached hydrogen (secondary N) is 2. The molecule has 0 aliphatic rings. The molecule has 1 amide bonds. The molecule has 6 heteroatoms. The molecule has 1 aromatic heterocycles. The summed E-state index contributed by atoms with van der Waals surface area (Å²) in [5.41, 5.74) is 2.09. The minimum Gasteiger partial charge on any atom is -0.467 e. The first kappa shape index (κ1) is 17.0. The third-order valence-corrected chi connectivity index (χ3v) is 4.14. The summed E-state index contributed by atoms with van der Waals surface area (Å²) in [5, 5.41) is 4.15. The number of halogens is 1. The van der Waals surface area contributed by atoms with E-state index in [0.29, 0.717) is 17.1 Å². The molecule has 1 atom stereocenters. The van der Waals surface area contributed by atoms with Crippen molar-refractivity contribution in [2.75, 3.05) is 7.11 Å². The summed E-state index contributed by atoms with van der Waals surface area (Å²) < 4.78 is 4.81. The van der Waals surface area contributed by atoms with Crippen molar-refractivity contribution in [2.24, 2.45) is 0 Å². The van der Waals surface area contributed by atoms with E-state index in [1.165, 1.54) is 7.11 Å². The van der Waals surface area contributed by atoms with Crippen molar-refractivity contribution in [3.63, 3.8) is 0 Å². The molecule has 2 N–H and O–H groups in total. The van der Waals surface area contributed by atoms with Gasteiger partial charge in [0.25, 0.3) is 5.91 Å². The first-order chi connectivity index (χ1) is 12.1. The lowest BCUT2D eigenvalue weighted by molar-refractivity contribution is -0.142. The fourth-order valence-electron chi connectivity index (χ4n) is 2.65. The second kappa shape index (κ2) is 7.40. The number of ether oxygens (including phenoxy) is 1. The van der Waals surface area contributed by atoms with Crippen LogP contribution in [0.25, 0.3) is 10.9 Å². The summed E-state index contributed by atoms with van der Waals surface area (Å²) in [7, 11) is 1.30. The first-order valence-electron chi connectivity index (χ1n) is 7.77. The van der Waals surface area contributed by atoms with Crippen LogP contribution in [0.5, 0.6) is 0 Å². The summed E-state index contributed by atoms with van der Waals surface area (Å²) in [6.45, 7) is 0. The molecule has 25 heavy (non-hydrogen) atoms. The third kappa shape index (κ3) is 4.00. The van der Waals surface area contributed by atoms with Crippen LogP contribution in [0.15, 0.2) is 54.6 Å². The van der Waals surface area contributed by atoms with Crippen molar-refractivity contribution in [3.8, 4) is 0 Å². The van der Waals surface area contributed by atoms with E-state index >= 15 is 0 Å². The fourth-order valence-corrected chi connectivity index (χ4v) is 2.83. The Balaban J connectivity index is 1.79. The Morgan fingerprint density at radius 3 is 2.64 bits per heavy atom. The minimum atomic E-state index is -0.769. The van der Waals surface area contributed by atoms with Crippen molar-refractivity contribution < 1.29 is 14.3 Å². The number of esters is 1. The van der Waals surface area contributed by atoms with Gasteiger partial charge in [0.1, 0.15) is 11.7 Å². The molecule has 0 saturated carbocycles. The number of benzene rings is 2. The zero-order chi connectivity index (χ0) is 17.8. The van der Waals surface area contributed by atoms with Crippen LogP contribution in [-0.2, 0) is 16.0 Å². The average Bonchev–Trinajstić information content (AvgIpc) is 3.04. The number of H-pyrrole nitrogens is 1. The molecule has 0 saturated heterocycles. The maximum atomic E-state index is 12.5. The van der Waals surface area contributed by atoms with Gasteiger partial charge in [0.05, 0.1) is 7.11 Å². The highest BCUT2D eigenvalue weighted by atomic mass is 35.5. The van der Waals surface area contributed by atoms with Gasteiger partial charge in [0.15, 0.2) is 0 Å². The number of methoxy groups -OCH3 is 1. The van der Waals surface area contributed by atoms with Crippen LogP contribution in [0.2, 0.25) is 5.02 Å². The second-order valence-electron chi connectivity index (χ2n) is 5.65. The van der Waals surface area contributed by atoms with Crippen LogP contribution in [0.1, 0.15) is 16.1 Å². The quantitative estimate of drug-likeness (QED) is 0.689. The van der Waals surface area contributed by atoms with E-state index in [1.54, 1.807) is 24.3 Å². The van der Waals surface area contributed by atoms with Gasteiger partial charge in [-0.2, -0.15) is 0 Å². The maximum Gasteiger partial charge on any atom is 0.328 e. The number of carbonyl (C=O) groups is 2. The summed E-state index contributed by atoms with van der Waals surface area (Å²) in [5.74, 6) is -0.866. The van der Waals surface area contributed by atoms with Crippen molar-refractivity contribution in [2.45, 2.75) is 12.5 Å². The fraction of sp³-hybridized carbons (Fsp3) is 0.158. The largest absolute Gasteiger partial charge is 0.467 e. The number of aromatic nitrogens is 1. The number of fused-ring (bicyclic) bond motifs is 1. The Kier molecular flexibility index (Phi) is 5.05. The van der Waals surface area contributed by atoms with Crippen molar-refractivity contribution in [1.82, 2.24) is 10.3 Å². The number of rotatable bonds is 5. The molecule has 0 bridgehead atoms. The predicted octanol–water partition coefficient (Wildman–Crippen LogP) is 3.34. The zero-order valence-electron chi connectivity index (χ0n) is 13.6. The van der Waals surface area contributed by atoms with Gasteiger partial charge in [-0.3, -0.25) is 4.79 Å². The van der Waals surface area contributed by atoms with Gasteiger partial charge >= 0.3 is 5.97 Å². The van der Waals surface area contributed by atoms with Crippen LogP contribution in [-0.4, -0.2) is 30.0 Å². The molecule has 0 aliphatic heterocycles. The highest BCUT2D eigenvalue weighted by molar-refractivity contribution is 6.31. The standard InChI is InChI=1S/C19H17ClN2O3/c1-25-19(24)17(9-12-5-3-2-4-6-12)22-18(23)16-11-13-10-14(20)7-8-15(13)21-16/h2-8,10-11,17,21H,9H2,1H3,(H,22,23)/t17-/m0/s1. The van der Waals surface area contributed by atoms with E-state index in [9.17, 15) is 9.59 Å². The van der Waals surface area contributed by atoms with Crippen LogP contribution < -0.4 is 5.32 Å². The smallest absolute Gasteiger partial charge is 0.328 e. The molecule has 2 aromatic carbocycles. The molecule has 1 heterocycles. The highest BCUT2D eigenvalue weighted by Crippen LogP contribution is 2.20. The number of aromatic amines is 1.